The maximum Gasteiger partial charge on any atom is 0.387 e. The molecule has 0 aliphatic rings. The SMILES string of the molecule is C=CCOc1ccnc(C[S+]([O-])c2nc3c(C)c(OC(F)F)c(C)cc3[nH]2)c1C. The van der Waals surface area contributed by atoms with Gasteiger partial charge in [-0.15, -0.1) is 0 Å². The second-order valence-corrected chi connectivity index (χ2v) is 7.80. The van der Waals surface area contributed by atoms with Gasteiger partial charge in [0.25, 0.3) is 0 Å². The molecule has 1 unspecified atom stereocenters. The Hall–Kier alpha value is -2.65. The number of hydrogen-bond donors (Lipinski definition) is 1. The van der Waals surface area contributed by atoms with Gasteiger partial charge in [-0.3, -0.25) is 9.97 Å². The van der Waals surface area contributed by atoms with Crippen LogP contribution in [0.15, 0.2) is 36.1 Å². The summed E-state index contributed by atoms with van der Waals surface area (Å²) in [4.78, 5) is 11.7. The minimum Gasteiger partial charge on any atom is -0.609 e. The van der Waals surface area contributed by atoms with Crippen LogP contribution >= 0.6 is 0 Å². The highest BCUT2D eigenvalue weighted by atomic mass is 32.2. The Morgan fingerprint density at radius 2 is 2.07 bits per heavy atom. The van der Waals surface area contributed by atoms with Crippen molar-refractivity contribution in [2.24, 2.45) is 0 Å². The van der Waals surface area contributed by atoms with E-state index >= 15 is 0 Å². The molecular formula is C20H21F2N3O3S. The quantitative estimate of drug-likeness (QED) is 0.432. The molecule has 1 aromatic carbocycles. The van der Waals surface area contributed by atoms with Crippen LogP contribution in [0, 0.1) is 20.8 Å². The molecule has 0 radical (unpaired) electrons. The van der Waals surface area contributed by atoms with Gasteiger partial charge in [0.15, 0.2) is 5.75 Å². The smallest absolute Gasteiger partial charge is 0.387 e. The van der Waals surface area contributed by atoms with E-state index in [0.717, 1.165) is 5.56 Å². The van der Waals surface area contributed by atoms with Crippen molar-refractivity contribution in [1.82, 2.24) is 15.0 Å². The van der Waals surface area contributed by atoms with Gasteiger partial charge in [0.2, 0.25) is 0 Å². The minimum atomic E-state index is -2.93. The van der Waals surface area contributed by atoms with E-state index in [4.69, 9.17) is 4.74 Å². The molecule has 29 heavy (non-hydrogen) atoms. The Morgan fingerprint density at radius 3 is 2.76 bits per heavy atom. The summed E-state index contributed by atoms with van der Waals surface area (Å²) in [7, 11) is 0. The van der Waals surface area contributed by atoms with E-state index in [1.165, 1.54) is 0 Å². The molecule has 1 N–H and O–H groups in total. The van der Waals surface area contributed by atoms with Crippen LogP contribution in [-0.4, -0.2) is 32.7 Å². The molecule has 3 rings (SSSR count). The lowest BCUT2D eigenvalue weighted by atomic mass is 10.1. The maximum absolute atomic E-state index is 12.9. The molecule has 0 fully saturated rings. The molecule has 0 bridgehead atoms. The van der Waals surface area contributed by atoms with Gasteiger partial charge < -0.3 is 14.0 Å². The molecule has 154 valence electrons. The predicted molar refractivity (Wildman–Crippen MR) is 107 cm³/mol. The average Bonchev–Trinajstić information content (AvgIpc) is 3.10. The van der Waals surface area contributed by atoms with Crippen molar-refractivity contribution < 1.29 is 22.8 Å². The van der Waals surface area contributed by atoms with Crippen molar-refractivity contribution in [2.75, 3.05) is 6.61 Å². The van der Waals surface area contributed by atoms with E-state index < -0.39 is 17.8 Å². The highest BCUT2D eigenvalue weighted by Crippen LogP contribution is 2.32. The summed E-state index contributed by atoms with van der Waals surface area (Å²) >= 11 is -1.52. The van der Waals surface area contributed by atoms with Crippen molar-refractivity contribution in [3.63, 3.8) is 0 Å². The molecule has 2 heterocycles. The first kappa shape index (κ1) is 21.1. The van der Waals surface area contributed by atoms with Gasteiger partial charge in [-0.05, 0) is 38.5 Å². The van der Waals surface area contributed by atoms with E-state index in [9.17, 15) is 13.3 Å². The van der Waals surface area contributed by atoms with Crippen LogP contribution in [-0.2, 0) is 16.9 Å². The van der Waals surface area contributed by atoms with Crippen molar-refractivity contribution >= 4 is 22.2 Å². The van der Waals surface area contributed by atoms with Crippen molar-refractivity contribution in [1.29, 1.82) is 0 Å². The number of hydrogen-bond acceptors (Lipinski definition) is 5. The highest BCUT2D eigenvalue weighted by Gasteiger charge is 2.23. The summed E-state index contributed by atoms with van der Waals surface area (Å²) in [6, 6.07) is 3.39. The van der Waals surface area contributed by atoms with Crippen LogP contribution in [0.2, 0.25) is 0 Å². The largest absolute Gasteiger partial charge is 0.609 e. The van der Waals surface area contributed by atoms with Crippen LogP contribution in [0.25, 0.3) is 11.0 Å². The first-order valence-corrected chi connectivity index (χ1v) is 10.1. The number of aromatic amines is 1. The number of aromatic nitrogens is 3. The lowest BCUT2D eigenvalue weighted by Crippen LogP contribution is -2.10. The fourth-order valence-electron chi connectivity index (χ4n) is 3.02. The lowest BCUT2D eigenvalue weighted by molar-refractivity contribution is -0.0506. The first-order valence-electron chi connectivity index (χ1n) is 8.83. The van der Waals surface area contributed by atoms with Crippen LogP contribution in [0.1, 0.15) is 22.4 Å². The summed E-state index contributed by atoms with van der Waals surface area (Å²) in [6.45, 7) is 6.21. The number of fused-ring (bicyclic) bond motifs is 1. The number of alkyl halides is 2. The molecule has 1 atom stereocenters. The summed E-state index contributed by atoms with van der Waals surface area (Å²) in [5.41, 5.74) is 3.48. The van der Waals surface area contributed by atoms with E-state index in [2.05, 4.69) is 26.3 Å². The Balaban J connectivity index is 1.89. The van der Waals surface area contributed by atoms with Crippen LogP contribution < -0.4 is 9.47 Å². The number of halogens is 2. The third-order valence-electron chi connectivity index (χ3n) is 4.43. The molecule has 3 aromatic rings. The second-order valence-electron chi connectivity index (χ2n) is 6.43. The van der Waals surface area contributed by atoms with Gasteiger partial charge in [0, 0.05) is 28.5 Å². The van der Waals surface area contributed by atoms with E-state index in [0.29, 0.717) is 40.2 Å². The summed E-state index contributed by atoms with van der Waals surface area (Å²) in [5, 5.41) is 0.246. The highest BCUT2D eigenvalue weighted by molar-refractivity contribution is 7.90. The lowest BCUT2D eigenvalue weighted by Gasteiger charge is -2.12. The third-order valence-corrected chi connectivity index (χ3v) is 5.59. The number of rotatable bonds is 8. The molecule has 0 saturated carbocycles. The van der Waals surface area contributed by atoms with Gasteiger partial charge in [0.05, 0.1) is 11.2 Å². The van der Waals surface area contributed by atoms with Crippen molar-refractivity contribution in [3.8, 4) is 11.5 Å². The topological polar surface area (TPSA) is 83.1 Å². The third kappa shape index (κ3) is 4.51. The summed E-state index contributed by atoms with van der Waals surface area (Å²) < 4.78 is 48.5. The zero-order valence-electron chi connectivity index (χ0n) is 16.3. The predicted octanol–water partition coefficient (Wildman–Crippen LogP) is 4.36. The molecule has 9 heteroatoms. The maximum atomic E-state index is 12.9. The first-order chi connectivity index (χ1) is 13.8. The van der Waals surface area contributed by atoms with Gasteiger partial charge in [-0.2, -0.15) is 13.8 Å². The van der Waals surface area contributed by atoms with E-state index in [1.807, 2.05) is 6.92 Å². The van der Waals surface area contributed by atoms with Crippen LogP contribution in [0.5, 0.6) is 11.5 Å². The van der Waals surface area contributed by atoms with Gasteiger partial charge in [-0.1, -0.05) is 12.7 Å². The zero-order chi connectivity index (χ0) is 21.1. The molecule has 6 nitrogen and oxygen atoms in total. The number of nitrogens with one attached hydrogen (secondary N) is 1. The van der Waals surface area contributed by atoms with Crippen molar-refractivity contribution in [2.45, 2.75) is 38.3 Å². The molecular weight excluding hydrogens is 400 g/mol. The normalized spacial score (nSPS) is 12.4. The Bertz CT molecular complexity index is 1040. The number of aryl methyl sites for hydroxylation is 2. The molecule has 2 aromatic heterocycles. The Labute approximate surface area is 170 Å². The zero-order valence-corrected chi connectivity index (χ0v) is 17.1. The Kier molecular flexibility index (Phi) is 6.39. The monoisotopic (exact) mass is 421 g/mol. The average molecular weight is 421 g/mol. The number of imidazole rings is 1. The molecule has 0 amide bonds. The second kappa shape index (κ2) is 8.79. The summed E-state index contributed by atoms with van der Waals surface area (Å²) in [6.07, 6.45) is 3.24. The molecule has 0 aliphatic heterocycles. The minimum absolute atomic E-state index is 0.0842. The number of pyridine rings is 1. The fraction of sp³-hybridized carbons (Fsp3) is 0.300. The van der Waals surface area contributed by atoms with E-state index in [-0.39, 0.29) is 16.7 Å². The summed E-state index contributed by atoms with van der Waals surface area (Å²) in [5.74, 6) is 0.868. The molecule has 0 aliphatic carbocycles. The van der Waals surface area contributed by atoms with E-state index in [1.54, 1.807) is 38.3 Å². The van der Waals surface area contributed by atoms with Crippen LogP contribution in [0.3, 0.4) is 0 Å². The van der Waals surface area contributed by atoms with Gasteiger partial charge >= 0.3 is 11.8 Å². The standard InChI is InChI=1S/C20H21F2N3O3S/c1-5-8-27-16-6-7-23-15(12(16)3)10-29(26)20-24-14-9-11(2)18(28-19(21)22)13(4)17(14)25-20/h5-7,9,19H,1,8,10H2,2-4H3,(H,24,25). The Morgan fingerprint density at radius 1 is 1.31 bits per heavy atom. The molecule has 0 saturated heterocycles. The van der Waals surface area contributed by atoms with Crippen molar-refractivity contribution in [3.05, 3.63) is 53.4 Å². The fourth-order valence-corrected chi connectivity index (χ4v) is 4.11. The number of H-pyrrole nitrogens is 1. The number of nitrogens with zero attached hydrogens (tertiary/aromatic N) is 2. The van der Waals surface area contributed by atoms with Gasteiger partial charge in [0.1, 0.15) is 23.6 Å². The number of ether oxygens (including phenoxy) is 2. The molecule has 0 spiro atoms. The number of benzene rings is 1. The van der Waals surface area contributed by atoms with Crippen LogP contribution in [0.4, 0.5) is 8.78 Å². The van der Waals surface area contributed by atoms with Gasteiger partial charge in [-0.25, -0.2) is 0 Å².